The molecule has 3 heterocycles. The van der Waals surface area contributed by atoms with Gasteiger partial charge in [0, 0.05) is 37.8 Å². The van der Waals surface area contributed by atoms with E-state index in [4.69, 9.17) is 4.74 Å². The third-order valence-electron chi connectivity index (χ3n) is 5.46. The third kappa shape index (κ3) is 3.85. The van der Waals surface area contributed by atoms with Crippen molar-refractivity contribution in [3.63, 3.8) is 0 Å². The molecule has 0 bridgehead atoms. The van der Waals surface area contributed by atoms with Gasteiger partial charge < -0.3 is 9.64 Å². The first-order valence-corrected chi connectivity index (χ1v) is 10.8. The van der Waals surface area contributed by atoms with Crippen molar-refractivity contribution in [2.75, 3.05) is 44.3 Å². The molecule has 1 aromatic heterocycles. The number of sulfonamides is 1. The van der Waals surface area contributed by atoms with Crippen LogP contribution in [0.4, 0.5) is 5.69 Å². The van der Waals surface area contributed by atoms with Crippen molar-refractivity contribution in [1.82, 2.24) is 9.29 Å². The Hall–Kier alpha value is -1.96. The maximum atomic E-state index is 13.1. The number of nitrogens with zero attached hydrogens (tertiary/aromatic N) is 3. The Labute approximate surface area is 160 Å². The predicted molar refractivity (Wildman–Crippen MR) is 104 cm³/mol. The Bertz CT molecular complexity index is 861. The molecule has 1 atom stereocenters. The maximum absolute atomic E-state index is 13.1. The zero-order valence-electron chi connectivity index (χ0n) is 15.3. The lowest BCUT2D eigenvalue weighted by atomic mass is 9.81. The summed E-state index contributed by atoms with van der Waals surface area (Å²) >= 11 is 0. The SMILES string of the molecule is O=S(=O)(c1ccccc1)N1CCC[C@]2(COCCN(c3cccnc3)C2)C1. The highest BCUT2D eigenvalue weighted by atomic mass is 32.2. The Balaban J connectivity index is 1.59. The van der Waals surface area contributed by atoms with Gasteiger partial charge in [-0.25, -0.2) is 8.42 Å². The summed E-state index contributed by atoms with van der Waals surface area (Å²) in [6.45, 7) is 3.85. The van der Waals surface area contributed by atoms with Crippen LogP contribution in [0.3, 0.4) is 0 Å². The number of hydrogen-bond acceptors (Lipinski definition) is 5. The van der Waals surface area contributed by atoms with Gasteiger partial charge in [-0.05, 0) is 37.1 Å². The van der Waals surface area contributed by atoms with Gasteiger partial charge in [-0.15, -0.1) is 0 Å². The van der Waals surface area contributed by atoms with Crippen LogP contribution >= 0.6 is 0 Å². The highest BCUT2D eigenvalue weighted by Crippen LogP contribution is 2.36. The van der Waals surface area contributed by atoms with E-state index in [9.17, 15) is 8.42 Å². The number of benzene rings is 1. The zero-order chi connectivity index (χ0) is 18.7. The lowest BCUT2D eigenvalue weighted by Crippen LogP contribution is -2.52. The largest absolute Gasteiger partial charge is 0.379 e. The number of anilines is 1. The number of aromatic nitrogens is 1. The van der Waals surface area contributed by atoms with Crippen molar-refractivity contribution in [2.45, 2.75) is 17.7 Å². The van der Waals surface area contributed by atoms with Gasteiger partial charge in [0.2, 0.25) is 10.0 Å². The Morgan fingerprint density at radius 3 is 2.67 bits per heavy atom. The van der Waals surface area contributed by atoms with Gasteiger partial charge in [-0.1, -0.05) is 18.2 Å². The molecule has 2 fully saturated rings. The zero-order valence-corrected chi connectivity index (χ0v) is 16.1. The summed E-state index contributed by atoms with van der Waals surface area (Å²) < 4.78 is 33.8. The molecule has 144 valence electrons. The highest BCUT2D eigenvalue weighted by molar-refractivity contribution is 7.89. The minimum Gasteiger partial charge on any atom is -0.379 e. The van der Waals surface area contributed by atoms with Crippen LogP contribution in [0.25, 0.3) is 0 Å². The standard InChI is InChI=1S/C20H25N3O3S/c24-27(25,19-7-2-1-3-8-19)23-11-5-9-20(16-23)15-22(12-13-26-17-20)18-6-4-10-21-14-18/h1-4,6-8,10,14H,5,9,11-13,15-17H2/t20-/m1/s1. The Morgan fingerprint density at radius 1 is 1.04 bits per heavy atom. The van der Waals surface area contributed by atoms with E-state index in [0.29, 0.717) is 31.2 Å². The van der Waals surface area contributed by atoms with Crippen LogP contribution in [0.2, 0.25) is 0 Å². The summed E-state index contributed by atoms with van der Waals surface area (Å²) in [5.74, 6) is 0. The number of rotatable bonds is 3. The molecule has 2 aliphatic rings. The first-order chi connectivity index (χ1) is 13.1. The lowest BCUT2D eigenvalue weighted by Gasteiger charge is -2.43. The second-order valence-corrected chi connectivity index (χ2v) is 9.38. The fraction of sp³-hybridized carbons (Fsp3) is 0.450. The summed E-state index contributed by atoms with van der Waals surface area (Å²) in [5, 5.41) is 0. The van der Waals surface area contributed by atoms with E-state index in [-0.39, 0.29) is 5.41 Å². The van der Waals surface area contributed by atoms with Crippen molar-refractivity contribution >= 4 is 15.7 Å². The van der Waals surface area contributed by atoms with Crippen LogP contribution in [-0.2, 0) is 14.8 Å². The van der Waals surface area contributed by atoms with Crippen LogP contribution in [0, 0.1) is 5.41 Å². The topological polar surface area (TPSA) is 62.7 Å². The molecule has 0 aliphatic carbocycles. The van der Waals surface area contributed by atoms with Gasteiger partial charge in [-0.2, -0.15) is 4.31 Å². The predicted octanol–water partition coefficient (Wildman–Crippen LogP) is 2.39. The van der Waals surface area contributed by atoms with Crippen LogP contribution < -0.4 is 4.90 Å². The average Bonchev–Trinajstić information content (AvgIpc) is 2.92. The van der Waals surface area contributed by atoms with Gasteiger partial charge in [0.15, 0.2) is 0 Å². The highest BCUT2D eigenvalue weighted by Gasteiger charge is 2.42. The van der Waals surface area contributed by atoms with Crippen molar-refractivity contribution in [1.29, 1.82) is 0 Å². The quantitative estimate of drug-likeness (QED) is 0.809. The molecule has 2 aliphatic heterocycles. The summed E-state index contributed by atoms with van der Waals surface area (Å²) in [4.78, 5) is 6.87. The first kappa shape index (κ1) is 18.4. The normalized spacial score (nSPS) is 24.7. The van der Waals surface area contributed by atoms with Gasteiger partial charge in [-0.3, -0.25) is 4.98 Å². The lowest BCUT2D eigenvalue weighted by molar-refractivity contribution is 0.0350. The van der Waals surface area contributed by atoms with Crippen molar-refractivity contribution in [2.24, 2.45) is 5.41 Å². The number of piperidine rings is 1. The number of hydrogen-bond donors (Lipinski definition) is 0. The monoisotopic (exact) mass is 387 g/mol. The third-order valence-corrected chi connectivity index (χ3v) is 7.32. The van der Waals surface area contributed by atoms with E-state index < -0.39 is 10.0 Å². The van der Waals surface area contributed by atoms with Gasteiger partial charge in [0.1, 0.15) is 0 Å². The summed E-state index contributed by atoms with van der Waals surface area (Å²) in [6.07, 6.45) is 5.43. The molecule has 0 unspecified atom stereocenters. The Kier molecular flexibility index (Phi) is 5.16. The molecule has 1 aromatic carbocycles. The molecule has 0 N–H and O–H groups in total. The van der Waals surface area contributed by atoms with E-state index >= 15 is 0 Å². The van der Waals surface area contributed by atoms with Crippen LogP contribution in [0.5, 0.6) is 0 Å². The molecule has 2 aromatic rings. The van der Waals surface area contributed by atoms with E-state index in [2.05, 4.69) is 9.88 Å². The van der Waals surface area contributed by atoms with Crippen LogP contribution in [0.1, 0.15) is 12.8 Å². The van der Waals surface area contributed by atoms with E-state index in [1.54, 1.807) is 34.8 Å². The molecule has 0 amide bonds. The summed E-state index contributed by atoms with van der Waals surface area (Å²) in [7, 11) is -3.48. The summed E-state index contributed by atoms with van der Waals surface area (Å²) in [5.41, 5.74) is 0.859. The summed E-state index contributed by atoms with van der Waals surface area (Å²) in [6, 6.07) is 12.7. The molecule has 0 saturated carbocycles. The average molecular weight is 388 g/mol. The van der Waals surface area contributed by atoms with Gasteiger partial charge >= 0.3 is 0 Å². The second-order valence-electron chi connectivity index (χ2n) is 7.44. The van der Waals surface area contributed by atoms with E-state index in [1.165, 1.54) is 0 Å². The Morgan fingerprint density at radius 2 is 1.89 bits per heavy atom. The first-order valence-electron chi connectivity index (χ1n) is 9.37. The minimum absolute atomic E-state index is 0.202. The van der Waals surface area contributed by atoms with E-state index in [1.807, 2.05) is 24.4 Å². The molecule has 0 radical (unpaired) electrons. The fourth-order valence-corrected chi connectivity index (χ4v) is 5.72. The molecular formula is C20H25N3O3S. The molecule has 2 saturated heterocycles. The van der Waals surface area contributed by atoms with Crippen molar-refractivity contribution in [3.05, 3.63) is 54.9 Å². The molecule has 27 heavy (non-hydrogen) atoms. The molecule has 7 heteroatoms. The number of pyridine rings is 1. The molecule has 1 spiro atoms. The molecular weight excluding hydrogens is 362 g/mol. The molecule has 4 rings (SSSR count). The van der Waals surface area contributed by atoms with Crippen LogP contribution in [0.15, 0.2) is 59.8 Å². The maximum Gasteiger partial charge on any atom is 0.243 e. The number of ether oxygens (including phenoxy) is 1. The van der Waals surface area contributed by atoms with Gasteiger partial charge in [0.25, 0.3) is 0 Å². The molecule has 6 nitrogen and oxygen atoms in total. The van der Waals surface area contributed by atoms with E-state index in [0.717, 1.165) is 31.6 Å². The minimum atomic E-state index is -3.48. The second kappa shape index (κ2) is 7.58. The fourth-order valence-electron chi connectivity index (χ4n) is 4.11. The smallest absolute Gasteiger partial charge is 0.243 e. The van der Waals surface area contributed by atoms with Crippen molar-refractivity contribution in [3.8, 4) is 0 Å². The van der Waals surface area contributed by atoms with Crippen molar-refractivity contribution < 1.29 is 13.2 Å². The van der Waals surface area contributed by atoms with Gasteiger partial charge in [0.05, 0.1) is 30.0 Å². The van der Waals surface area contributed by atoms with Crippen LogP contribution in [-0.4, -0.2) is 57.1 Å².